The van der Waals surface area contributed by atoms with Crippen LogP contribution in [0.2, 0.25) is 0 Å². The van der Waals surface area contributed by atoms with E-state index in [0.717, 1.165) is 12.1 Å². The van der Waals surface area contributed by atoms with E-state index in [4.69, 9.17) is 10.5 Å². The molecule has 2 rings (SSSR count). The molecule has 0 unspecified atom stereocenters. The van der Waals surface area contributed by atoms with Gasteiger partial charge in [0.2, 0.25) is 0 Å². The molecule has 100 valence electrons. The third kappa shape index (κ3) is 2.78. The molecular formula is C13H9F4NO. The summed E-state index contributed by atoms with van der Waals surface area (Å²) in [4.78, 5) is 0. The van der Waals surface area contributed by atoms with Crippen LogP contribution < -0.4 is 10.5 Å². The molecule has 0 saturated heterocycles. The van der Waals surface area contributed by atoms with Crippen LogP contribution in [0.1, 0.15) is 5.56 Å². The molecule has 0 bridgehead atoms. The Morgan fingerprint density at radius 3 is 2.21 bits per heavy atom. The molecule has 0 aromatic heterocycles. The number of nitrogens with two attached hydrogens (primary N) is 1. The van der Waals surface area contributed by atoms with E-state index in [2.05, 4.69) is 0 Å². The second-order valence-corrected chi connectivity index (χ2v) is 3.79. The first kappa shape index (κ1) is 13.2. The second kappa shape index (κ2) is 5.17. The molecule has 0 aliphatic carbocycles. The van der Waals surface area contributed by atoms with Gasteiger partial charge in [-0.3, -0.25) is 0 Å². The molecule has 0 amide bonds. The van der Waals surface area contributed by atoms with E-state index in [9.17, 15) is 17.6 Å². The summed E-state index contributed by atoms with van der Waals surface area (Å²) in [6.45, 7) is -0.527. The molecule has 0 spiro atoms. The zero-order valence-electron chi connectivity index (χ0n) is 9.59. The van der Waals surface area contributed by atoms with Crippen molar-refractivity contribution in [2.45, 2.75) is 6.61 Å². The Bertz CT molecular complexity index is 616. The van der Waals surface area contributed by atoms with Crippen molar-refractivity contribution in [2.75, 3.05) is 5.73 Å². The van der Waals surface area contributed by atoms with E-state index < -0.39 is 35.4 Å². The highest BCUT2D eigenvalue weighted by Gasteiger charge is 2.14. The molecule has 2 nitrogen and oxygen atoms in total. The fourth-order valence-electron chi connectivity index (χ4n) is 1.47. The molecule has 2 aromatic carbocycles. The summed E-state index contributed by atoms with van der Waals surface area (Å²) in [5.41, 5.74) is 4.62. The highest BCUT2D eigenvalue weighted by atomic mass is 19.2. The number of benzene rings is 2. The van der Waals surface area contributed by atoms with Gasteiger partial charge in [-0.15, -0.1) is 0 Å². The monoisotopic (exact) mass is 271 g/mol. The summed E-state index contributed by atoms with van der Waals surface area (Å²) in [7, 11) is 0. The lowest BCUT2D eigenvalue weighted by atomic mass is 10.2. The van der Waals surface area contributed by atoms with Crippen molar-refractivity contribution >= 4 is 5.69 Å². The topological polar surface area (TPSA) is 35.2 Å². The minimum absolute atomic E-state index is 0.127. The van der Waals surface area contributed by atoms with Crippen molar-refractivity contribution in [3.05, 3.63) is 59.2 Å². The third-order valence-electron chi connectivity index (χ3n) is 2.49. The number of hydrogen-bond donors (Lipinski definition) is 1. The lowest BCUT2D eigenvalue weighted by molar-refractivity contribution is 0.289. The molecule has 0 heterocycles. The molecule has 6 heteroatoms. The van der Waals surface area contributed by atoms with E-state index in [-0.39, 0.29) is 11.4 Å². The number of nitrogen functional groups attached to an aromatic ring is 1. The predicted octanol–water partition coefficient (Wildman–Crippen LogP) is 3.40. The summed E-state index contributed by atoms with van der Waals surface area (Å²) in [5, 5.41) is 0. The molecule has 0 fully saturated rings. The Labute approximate surface area is 106 Å². The summed E-state index contributed by atoms with van der Waals surface area (Å²) < 4.78 is 57.5. The standard InChI is InChI=1S/C13H9F4NO/c14-9-3-4-11(16)13(17)8(9)6-19-7-1-2-10(15)12(18)5-7/h1-5H,6,18H2. The maximum absolute atomic E-state index is 13.3. The minimum atomic E-state index is -1.31. The van der Waals surface area contributed by atoms with Gasteiger partial charge in [0.05, 0.1) is 11.3 Å². The summed E-state index contributed by atoms with van der Waals surface area (Å²) >= 11 is 0. The van der Waals surface area contributed by atoms with Crippen LogP contribution in [-0.4, -0.2) is 0 Å². The lowest BCUT2D eigenvalue weighted by Crippen LogP contribution is -2.04. The van der Waals surface area contributed by atoms with Crippen LogP contribution in [-0.2, 0) is 6.61 Å². The van der Waals surface area contributed by atoms with Gasteiger partial charge in [-0.25, -0.2) is 17.6 Å². The van der Waals surface area contributed by atoms with Gasteiger partial charge in [-0.1, -0.05) is 0 Å². The molecule has 0 aliphatic heterocycles. The van der Waals surface area contributed by atoms with Crippen molar-refractivity contribution in [2.24, 2.45) is 0 Å². The summed E-state index contributed by atoms with van der Waals surface area (Å²) in [6.07, 6.45) is 0. The normalized spacial score (nSPS) is 10.5. The van der Waals surface area contributed by atoms with Crippen molar-refractivity contribution < 1.29 is 22.3 Å². The van der Waals surface area contributed by atoms with E-state index >= 15 is 0 Å². The van der Waals surface area contributed by atoms with Crippen LogP contribution in [0.25, 0.3) is 0 Å². The first-order valence-corrected chi connectivity index (χ1v) is 5.29. The Kier molecular flexibility index (Phi) is 3.59. The van der Waals surface area contributed by atoms with Crippen LogP contribution in [0, 0.1) is 23.3 Å². The quantitative estimate of drug-likeness (QED) is 0.527. The highest BCUT2D eigenvalue weighted by Crippen LogP contribution is 2.22. The molecule has 2 N–H and O–H groups in total. The van der Waals surface area contributed by atoms with Gasteiger partial charge >= 0.3 is 0 Å². The molecule has 2 aromatic rings. The van der Waals surface area contributed by atoms with Gasteiger partial charge in [0.15, 0.2) is 11.6 Å². The van der Waals surface area contributed by atoms with E-state index in [1.807, 2.05) is 0 Å². The van der Waals surface area contributed by atoms with Crippen molar-refractivity contribution in [1.82, 2.24) is 0 Å². The zero-order chi connectivity index (χ0) is 14.0. The van der Waals surface area contributed by atoms with Gasteiger partial charge < -0.3 is 10.5 Å². The molecular weight excluding hydrogens is 262 g/mol. The Morgan fingerprint density at radius 1 is 0.895 bits per heavy atom. The largest absolute Gasteiger partial charge is 0.489 e. The number of halogens is 4. The number of ether oxygens (including phenoxy) is 1. The van der Waals surface area contributed by atoms with Crippen LogP contribution in [0.4, 0.5) is 23.2 Å². The SMILES string of the molecule is Nc1cc(OCc2c(F)ccc(F)c2F)ccc1F. The molecule has 0 radical (unpaired) electrons. The number of hydrogen-bond acceptors (Lipinski definition) is 2. The van der Waals surface area contributed by atoms with Gasteiger partial charge in [0.25, 0.3) is 0 Å². The number of rotatable bonds is 3. The fourth-order valence-corrected chi connectivity index (χ4v) is 1.47. The second-order valence-electron chi connectivity index (χ2n) is 3.79. The molecule has 0 atom stereocenters. The van der Waals surface area contributed by atoms with Gasteiger partial charge in [0.1, 0.15) is 24.0 Å². The Morgan fingerprint density at radius 2 is 1.53 bits per heavy atom. The smallest absolute Gasteiger partial charge is 0.168 e. The van der Waals surface area contributed by atoms with Crippen LogP contribution in [0.5, 0.6) is 5.75 Å². The first-order chi connectivity index (χ1) is 8.99. The summed E-state index contributed by atoms with van der Waals surface area (Å²) in [6, 6.07) is 4.97. The zero-order valence-corrected chi connectivity index (χ0v) is 9.59. The lowest BCUT2D eigenvalue weighted by Gasteiger charge is -2.09. The van der Waals surface area contributed by atoms with E-state index in [1.165, 1.54) is 12.1 Å². The minimum Gasteiger partial charge on any atom is -0.489 e. The molecule has 19 heavy (non-hydrogen) atoms. The predicted molar refractivity (Wildman–Crippen MR) is 61.5 cm³/mol. The van der Waals surface area contributed by atoms with Crippen molar-refractivity contribution in [3.8, 4) is 5.75 Å². The van der Waals surface area contributed by atoms with Gasteiger partial charge in [-0.05, 0) is 24.3 Å². The van der Waals surface area contributed by atoms with Crippen LogP contribution >= 0.6 is 0 Å². The molecule has 0 aliphatic rings. The van der Waals surface area contributed by atoms with Crippen molar-refractivity contribution in [3.63, 3.8) is 0 Å². The Hall–Kier alpha value is -2.24. The van der Waals surface area contributed by atoms with Crippen LogP contribution in [0.3, 0.4) is 0 Å². The average Bonchev–Trinajstić information content (AvgIpc) is 2.38. The van der Waals surface area contributed by atoms with E-state index in [0.29, 0.717) is 6.07 Å². The van der Waals surface area contributed by atoms with Crippen LogP contribution in [0.15, 0.2) is 30.3 Å². The van der Waals surface area contributed by atoms with Gasteiger partial charge in [0, 0.05) is 6.07 Å². The first-order valence-electron chi connectivity index (χ1n) is 5.29. The number of anilines is 1. The molecule has 0 saturated carbocycles. The van der Waals surface area contributed by atoms with E-state index in [1.54, 1.807) is 0 Å². The highest BCUT2D eigenvalue weighted by molar-refractivity contribution is 5.45. The third-order valence-corrected chi connectivity index (χ3v) is 2.49. The Balaban J connectivity index is 2.19. The van der Waals surface area contributed by atoms with Crippen molar-refractivity contribution in [1.29, 1.82) is 0 Å². The van der Waals surface area contributed by atoms with Gasteiger partial charge in [-0.2, -0.15) is 0 Å². The summed E-state index contributed by atoms with van der Waals surface area (Å²) in [5.74, 6) is -3.90. The average molecular weight is 271 g/mol. The maximum Gasteiger partial charge on any atom is 0.168 e. The maximum atomic E-state index is 13.3. The fraction of sp³-hybridized carbons (Fsp3) is 0.0769.